The van der Waals surface area contributed by atoms with E-state index in [1.54, 1.807) is 0 Å². The van der Waals surface area contributed by atoms with Crippen molar-refractivity contribution in [3.05, 3.63) is 0 Å². The van der Waals surface area contributed by atoms with Crippen molar-refractivity contribution >= 4 is 12.0 Å². The maximum absolute atomic E-state index is 12.4. The summed E-state index contributed by atoms with van der Waals surface area (Å²) in [6.07, 6.45) is 4.41. The Hall–Kier alpha value is -1.26. The van der Waals surface area contributed by atoms with Crippen molar-refractivity contribution in [1.82, 2.24) is 10.2 Å². The minimum atomic E-state index is -0.880. The van der Waals surface area contributed by atoms with Crippen LogP contribution in [0.15, 0.2) is 0 Å². The van der Waals surface area contributed by atoms with E-state index in [-0.39, 0.29) is 23.9 Å². The van der Waals surface area contributed by atoms with E-state index in [4.69, 9.17) is 5.11 Å². The van der Waals surface area contributed by atoms with Crippen LogP contribution in [0.4, 0.5) is 4.79 Å². The second kappa shape index (κ2) is 6.95. The number of hydrogen-bond acceptors (Lipinski definition) is 2. The molecule has 0 saturated heterocycles. The van der Waals surface area contributed by atoms with Gasteiger partial charge in [-0.15, -0.1) is 0 Å². The second-order valence-electron chi connectivity index (χ2n) is 6.69. The van der Waals surface area contributed by atoms with Gasteiger partial charge in [-0.2, -0.15) is 0 Å². The maximum Gasteiger partial charge on any atom is 0.317 e. The summed E-state index contributed by atoms with van der Waals surface area (Å²) >= 11 is 0. The highest BCUT2D eigenvalue weighted by Gasteiger charge is 2.32. The van der Waals surface area contributed by atoms with Crippen molar-refractivity contribution in [1.29, 1.82) is 0 Å². The molecule has 20 heavy (non-hydrogen) atoms. The lowest BCUT2D eigenvalue weighted by Gasteiger charge is -2.34. The van der Waals surface area contributed by atoms with E-state index in [0.29, 0.717) is 12.6 Å². The molecule has 0 aliphatic heterocycles. The molecule has 0 radical (unpaired) electrons. The molecule has 5 heteroatoms. The number of urea groups is 1. The van der Waals surface area contributed by atoms with Crippen molar-refractivity contribution in [2.24, 2.45) is 5.41 Å². The number of carboxylic acid groups (broad SMARTS) is 1. The molecule has 0 aromatic heterocycles. The van der Waals surface area contributed by atoms with Crippen LogP contribution in [0.2, 0.25) is 0 Å². The van der Waals surface area contributed by atoms with Crippen LogP contribution in [0.5, 0.6) is 0 Å². The maximum atomic E-state index is 12.4. The largest absolute Gasteiger partial charge is 0.481 e. The first kappa shape index (κ1) is 16.8. The molecular weight excluding hydrogens is 256 g/mol. The molecule has 1 saturated carbocycles. The Morgan fingerprint density at radius 2 is 1.85 bits per heavy atom. The molecule has 1 aliphatic rings. The van der Waals surface area contributed by atoms with Gasteiger partial charge in [-0.05, 0) is 25.2 Å². The van der Waals surface area contributed by atoms with Gasteiger partial charge >= 0.3 is 12.0 Å². The normalized spacial score (nSPS) is 17.8. The molecule has 0 heterocycles. The molecule has 0 bridgehead atoms. The third-order valence-corrected chi connectivity index (χ3v) is 4.09. The van der Waals surface area contributed by atoms with E-state index < -0.39 is 5.97 Å². The molecule has 116 valence electrons. The molecule has 1 fully saturated rings. The van der Waals surface area contributed by atoms with Crippen molar-refractivity contribution < 1.29 is 14.7 Å². The smallest absolute Gasteiger partial charge is 0.317 e. The third-order valence-electron chi connectivity index (χ3n) is 4.09. The quantitative estimate of drug-likeness (QED) is 0.815. The Bertz CT molecular complexity index is 344. The number of nitrogens with one attached hydrogen (secondary N) is 1. The van der Waals surface area contributed by atoms with Crippen LogP contribution in [0.3, 0.4) is 0 Å². The summed E-state index contributed by atoms with van der Waals surface area (Å²) < 4.78 is 0. The molecule has 2 N–H and O–H groups in total. The standard InChI is InChI=1S/C15H28N2O3/c1-5-17(11-8-6-7-9-11)14(20)16-12(10-13(18)19)15(2,3)4/h11-12H,5-10H2,1-4H3,(H,16,20)(H,18,19). The van der Waals surface area contributed by atoms with Gasteiger partial charge in [-0.1, -0.05) is 33.6 Å². The minimum Gasteiger partial charge on any atom is -0.481 e. The fraction of sp³-hybridized carbons (Fsp3) is 0.867. The van der Waals surface area contributed by atoms with E-state index in [1.807, 2.05) is 32.6 Å². The summed E-state index contributed by atoms with van der Waals surface area (Å²) in [7, 11) is 0. The van der Waals surface area contributed by atoms with Gasteiger partial charge in [0, 0.05) is 18.6 Å². The Morgan fingerprint density at radius 1 is 1.30 bits per heavy atom. The van der Waals surface area contributed by atoms with Crippen LogP contribution in [-0.4, -0.2) is 40.6 Å². The molecular formula is C15H28N2O3. The number of carbonyl (C=O) groups is 2. The lowest BCUT2D eigenvalue weighted by molar-refractivity contribution is -0.138. The van der Waals surface area contributed by atoms with Crippen LogP contribution in [0, 0.1) is 5.41 Å². The molecule has 0 spiro atoms. The van der Waals surface area contributed by atoms with Crippen LogP contribution in [0.25, 0.3) is 0 Å². The minimum absolute atomic E-state index is 0.0442. The van der Waals surface area contributed by atoms with Gasteiger partial charge in [0.05, 0.1) is 6.42 Å². The number of amides is 2. The Morgan fingerprint density at radius 3 is 2.25 bits per heavy atom. The third kappa shape index (κ3) is 4.69. The van der Waals surface area contributed by atoms with E-state index in [9.17, 15) is 9.59 Å². The lowest BCUT2D eigenvalue weighted by atomic mass is 9.85. The zero-order valence-electron chi connectivity index (χ0n) is 13.1. The highest BCUT2D eigenvalue weighted by Crippen LogP contribution is 2.25. The van der Waals surface area contributed by atoms with Gasteiger partial charge in [0.2, 0.25) is 0 Å². The molecule has 1 unspecified atom stereocenters. The average molecular weight is 284 g/mol. The first-order valence-electron chi connectivity index (χ1n) is 7.54. The Balaban J connectivity index is 2.70. The van der Waals surface area contributed by atoms with E-state index in [1.165, 1.54) is 12.8 Å². The Labute approximate surface area is 121 Å². The highest BCUT2D eigenvalue weighted by molar-refractivity contribution is 5.76. The van der Waals surface area contributed by atoms with Crippen molar-refractivity contribution in [2.45, 2.75) is 71.9 Å². The predicted molar refractivity (Wildman–Crippen MR) is 78.7 cm³/mol. The highest BCUT2D eigenvalue weighted by atomic mass is 16.4. The van der Waals surface area contributed by atoms with Gasteiger partial charge in [-0.3, -0.25) is 4.79 Å². The van der Waals surface area contributed by atoms with E-state index in [0.717, 1.165) is 12.8 Å². The lowest BCUT2D eigenvalue weighted by Crippen LogP contribution is -2.52. The first-order valence-corrected chi connectivity index (χ1v) is 7.54. The SMILES string of the molecule is CCN(C(=O)NC(CC(=O)O)C(C)(C)C)C1CCCC1. The van der Waals surface area contributed by atoms with Crippen molar-refractivity contribution in [3.8, 4) is 0 Å². The Kier molecular flexibility index (Phi) is 5.84. The fourth-order valence-corrected chi connectivity index (χ4v) is 2.76. The summed E-state index contributed by atoms with van der Waals surface area (Å²) in [6, 6.07) is -0.172. The van der Waals surface area contributed by atoms with Gasteiger partial charge in [0.1, 0.15) is 0 Å². The number of carbonyl (C=O) groups excluding carboxylic acids is 1. The number of carboxylic acids is 1. The van der Waals surface area contributed by atoms with Gasteiger partial charge in [0.15, 0.2) is 0 Å². The van der Waals surface area contributed by atoms with E-state index >= 15 is 0 Å². The zero-order valence-corrected chi connectivity index (χ0v) is 13.1. The van der Waals surface area contributed by atoms with Gasteiger partial charge < -0.3 is 15.3 Å². The number of hydrogen-bond donors (Lipinski definition) is 2. The van der Waals surface area contributed by atoms with Crippen molar-refractivity contribution in [3.63, 3.8) is 0 Å². The van der Waals surface area contributed by atoms with Crippen LogP contribution in [0.1, 0.15) is 59.8 Å². The summed E-state index contributed by atoms with van der Waals surface area (Å²) in [5.74, 6) is -0.880. The van der Waals surface area contributed by atoms with Gasteiger partial charge in [-0.25, -0.2) is 4.79 Å². The summed E-state index contributed by atoms with van der Waals surface area (Å²) in [5, 5.41) is 11.9. The van der Waals surface area contributed by atoms with Crippen LogP contribution >= 0.6 is 0 Å². The molecule has 1 aliphatic carbocycles. The number of nitrogens with zero attached hydrogens (tertiary/aromatic N) is 1. The number of aliphatic carboxylic acids is 1. The van der Waals surface area contributed by atoms with E-state index in [2.05, 4.69) is 5.32 Å². The van der Waals surface area contributed by atoms with Crippen molar-refractivity contribution in [2.75, 3.05) is 6.54 Å². The van der Waals surface area contributed by atoms with Gasteiger partial charge in [0.25, 0.3) is 0 Å². The molecule has 1 rings (SSSR count). The predicted octanol–water partition coefficient (Wildman–Crippen LogP) is 2.85. The number of rotatable bonds is 5. The monoisotopic (exact) mass is 284 g/mol. The average Bonchev–Trinajstić information content (AvgIpc) is 2.81. The molecule has 0 aromatic rings. The summed E-state index contributed by atoms with van der Waals surface area (Å²) in [6.45, 7) is 8.49. The molecule has 2 amide bonds. The molecule has 0 aromatic carbocycles. The first-order chi connectivity index (χ1) is 9.25. The van der Waals surface area contributed by atoms with Crippen LogP contribution < -0.4 is 5.32 Å². The molecule has 1 atom stereocenters. The van der Waals surface area contributed by atoms with Crippen LogP contribution in [-0.2, 0) is 4.79 Å². The molecule has 5 nitrogen and oxygen atoms in total. The summed E-state index contributed by atoms with van der Waals surface area (Å²) in [4.78, 5) is 25.2. The topological polar surface area (TPSA) is 69.6 Å². The zero-order chi connectivity index (χ0) is 15.3. The summed E-state index contributed by atoms with van der Waals surface area (Å²) in [5.41, 5.74) is -0.275. The second-order valence-corrected chi connectivity index (χ2v) is 6.69. The fourth-order valence-electron chi connectivity index (χ4n) is 2.76.